The number of nitrogens with one attached hydrogen (secondary N) is 1. The van der Waals surface area contributed by atoms with Gasteiger partial charge in [0.25, 0.3) is 5.91 Å². The summed E-state index contributed by atoms with van der Waals surface area (Å²) >= 11 is 0. The number of likely N-dealkylation sites (tertiary alicyclic amines) is 1. The third-order valence-corrected chi connectivity index (χ3v) is 7.02. The fourth-order valence-corrected chi connectivity index (χ4v) is 4.62. The van der Waals surface area contributed by atoms with Gasteiger partial charge in [-0.3, -0.25) is 10.0 Å². The Morgan fingerprint density at radius 2 is 1.51 bits per heavy atom. The van der Waals surface area contributed by atoms with E-state index in [1.807, 2.05) is 6.79 Å². The first kappa shape index (κ1) is 33.3. The van der Waals surface area contributed by atoms with Crippen molar-refractivity contribution >= 4 is 18.6 Å². The summed E-state index contributed by atoms with van der Waals surface area (Å²) in [4.78, 5) is 34.2. The molecule has 0 spiro atoms. The second kappa shape index (κ2) is 18.4. The molecule has 2 N–H and O–H groups in total. The Labute approximate surface area is 244 Å². The van der Waals surface area contributed by atoms with Gasteiger partial charge in [0.05, 0.1) is 5.56 Å². The van der Waals surface area contributed by atoms with Crippen molar-refractivity contribution in [2.24, 2.45) is 0 Å². The highest BCUT2D eigenvalue weighted by atomic mass is 16.5. The van der Waals surface area contributed by atoms with Crippen LogP contribution in [0.4, 0.5) is 5.95 Å². The summed E-state index contributed by atoms with van der Waals surface area (Å²) in [7, 11) is 2.08. The molecule has 0 atom stereocenters. The van der Waals surface area contributed by atoms with Gasteiger partial charge in [0.15, 0.2) is 0 Å². The van der Waals surface area contributed by atoms with Crippen LogP contribution in [0.25, 0.3) is 11.1 Å². The number of rotatable bonds is 6. The van der Waals surface area contributed by atoms with Gasteiger partial charge in [-0.2, -0.15) is 0 Å². The molecule has 0 aliphatic carbocycles. The lowest BCUT2D eigenvalue weighted by atomic mass is 10.0. The van der Waals surface area contributed by atoms with Gasteiger partial charge in [-0.15, -0.1) is 13.2 Å². The van der Waals surface area contributed by atoms with E-state index in [0.717, 1.165) is 26.2 Å². The van der Waals surface area contributed by atoms with E-state index >= 15 is 0 Å². The van der Waals surface area contributed by atoms with Gasteiger partial charge in [-0.05, 0) is 63.0 Å². The Morgan fingerprint density at radius 3 is 2.10 bits per heavy atom. The molecule has 0 bridgehead atoms. The summed E-state index contributed by atoms with van der Waals surface area (Å²) in [6.45, 7) is 17.6. The van der Waals surface area contributed by atoms with Crippen LogP contribution in [0.2, 0.25) is 0 Å². The van der Waals surface area contributed by atoms with Crippen LogP contribution in [0.1, 0.15) is 34.3 Å². The first-order chi connectivity index (χ1) is 20.0. The highest BCUT2D eigenvalue weighted by molar-refractivity contribution is 5.92. The molecule has 9 nitrogen and oxygen atoms in total. The summed E-state index contributed by atoms with van der Waals surface area (Å²) in [5, 5.41) is 8.46. The predicted octanol–water partition coefficient (Wildman–Crippen LogP) is 4.27. The Morgan fingerprint density at radius 1 is 0.902 bits per heavy atom. The van der Waals surface area contributed by atoms with Crippen LogP contribution < -0.4 is 10.4 Å². The van der Waals surface area contributed by atoms with Gasteiger partial charge in [-0.1, -0.05) is 54.1 Å². The molecular weight excluding hydrogens is 516 g/mol. The molecule has 220 valence electrons. The van der Waals surface area contributed by atoms with Crippen molar-refractivity contribution in [3.8, 4) is 11.1 Å². The van der Waals surface area contributed by atoms with Crippen molar-refractivity contribution in [3.63, 3.8) is 0 Å². The number of benzene rings is 2. The zero-order valence-corrected chi connectivity index (χ0v) is 24.5. The molecule has 1 aromatic heterocycles. The molecule has 1 amide bonds. The summed E-state index contributed by atoms with van der Waals surface area (Å²) in [6.07, 6.45) is 6.74. The molecule has 2 aliphatic heterocycles. The highest BCUT2D eigenvalue weighted by Gasteiger charge is 2.17. The monoisotopic (exact) mass is 560 g/mol. The molecule has 2 aromatic carbocycles. The minimum atomic E-state index is -0.602. The molecule has 3 heterocycles. The van der Waals surface area contributed by atoms with Crippen molar-refractivity contribution in [1.82, 2.24) is 25.2 Å². The first-order valence-corrected chi connectivity index (χ1v) is 13.9. The molecule has 2 aliphatic rings. The average Bonchev–Trinajstić information content (AvgIpc) is 3.57. The maximum atomic E-state index is 11.1. The number of piperazine rings is 1. The number of carbonyl (C=O) groups excluding carboxylic acids is 2. The number of hydrogen-bond acceptors (Lipinski definition) is 8. The standard InChI is InChI=1S/C19H23N.C10H15N5O2.C2H4.CH2O/c1-16-7-9-18(10-8-16)19-6-4-5-17(15-19)11-14-20-12-2-3-13-20;1-14-2-4-15(5-3-14)10-11-6-8(7-12-10)9(16)13-17;2*1-2/h4-10,15H,2-3,11-14H2,1H3;6-7,17H,2-5H2,1H3,(H,13,16);1-2H2;1H2. The minimum Gasteiger partial charge on any atom is -0.338 e. The van der Waals surface area contributed by atoms with Crippen molar-refractivity contribution in [2.45, 2.75) is 26.2 Å². The summed E-state index contributed by atoms with van der Waals surface area (Å²) in [6, 6.07) is 17.8. The van der Waals surface area contributed by atoms with Crippen LogP contribution in [0.3, 0.4) is 0 Å². The van der Waals surface area contributed by atoms with Gasteiger partial charge >= 0.3 is 0 Å². The van der Waals surface area contributed by atoms with Crippen LogP contribution in [-0.4, -0.2) is 90.5 Å². The molecule has 3 aromatic rings. The van der Waals surface area contributed by atoms with E-state index in [-0.39, 0.29) is 5.56 Å². The average molecular weight is 561 g/mol. The molecular formula is C32H44N6O3. The van der Waals surface area contributed by atoms with Crippen LogP contribution in [0, 0.1) is 6.92 Å². The van der Waals surface area contributed by atoms with E-state index < -0.39 is 5.91 Å². The van der Waals surface area contributed by atoms with Gasteiger partial charge in [0, 0.05) is 45.1 Å². The zero-order chi connectivity index (χ0) is 30.0. The van der Waals surface area contributed by atoms with E-state index in [0.29, 0.717) is 5.95 Å². The predicted molar refractivity (Wildman–Crippen MR) is 165 cm³/mol. The lowest BCUT2D eigenvalue weighted by Crippen LogP contribution is -2.45. The van der Waals surface area contributed by atoms with Gasteiger partial charge in [0.1, 0.15) is 6.79 Å². The van der Waals surface area contributed by atoms with Crippen LogP contribution in [0.5, 0.6) is 0 Å². The maximum Gasteiger partial charge on any atom is 0.277 e. The van der Waals surface area contributed by atoms with Crippen LogP contribution in [-0.2, 0) is 11.2 Å². The smallest absolute Gasteiger partial charge is 0.277 e. The molecule has 2 saturated heterocycles. The number of hydrogen-bond donors (Lipinski definition) is 2. The SMILES string of the molecule is C=C.C=O.CN1CCN(c2ncc(C(=O)NO)cn2)CC1.Cc1ccc(-c2cccc(CCN3CCCC3)c2)cc1. The summed E-state index contributed by atoms with van der Waals surface area (Å²) in [5.41, 5.74) is 7.22. The number of aromatic nitrogens is 2. The van der Waals surface area contributed by atoms with Crippen molar-refractivity contribution in [2.75, 3.05) is 57.8 Å². The highest BCUT2D eigenvalue weighted by Crippen LogP contribution is 2.21. The Balaban J connectivity index is 0.000000259. The Bertz CT molecular complexity index is 1160. The third-order valence-electron chi connectivity index (χ3n) is 7.02. The third kappa shape index (κ3) is 10.9. The normalized spacial score (nSPS) is 14.9. The molecule has 2 fully saturated rings. The number of nitrogens with zero attached hydrogens (tertiary/aromatic N) is 5. The molecule has 0 saturated carbocycles. The minimum absolute atomic E-state index is 0.241. The van der Waals surface area contributed by atoms with E-state index in [1.54, 1.807) is 5.48 Å². The fraction of sp³-hybridized carbons (Fsp3) is 0.375. The summed E-state index contributed by atoms with van der Waals surface area (Å²) in [5.74, 6) is 0.0162. The Kier molecular flexibility index (Phi) is 15.0. The summed E-state index contributed by atoms with van der Waals surface area (Å²) < 4.78 is 0. The van der Waals surface area contributed by atoms with Crippen LogP contribution in [0.15, 0.2) is 74.1 Å². The number of anilines is 1. The number of likely N-dealkylation sites (N-methyl/N-ethyl adjacent to an activating group) is 1. The van der Waals surface area contributed by atoms with Gasteiger partial charge in [0.2, 0.25) is 5.95 Å². The van der Waals surface area contributed by atoms with Gasteiger partial charge < -0.3 is 19.5 Å². The first-order valence-electron chi connectivity index (χ1n) is 13.9. The van der Waals surface area contributed by atoms with E-state index in [2.05, 4.69) is 100 Å². The second-order valence-corrected chi connectivity index (χ2v) is 9.87. The topological polar surface area (TPSA) is 102 Å². The largest absolute Gasteiger partial charge is 0.338 e. The quantitative estimate of drug-likeness (QED) is 0.262. The molecule has 41 heavy (non-hydrogen) atoms. The fourth-order valence-electron chi connectivity index (χ4n) is 4.62. The molecule has 9 heteroatoms. The maximum absolute atomic E-state index is 11.1. The van der Waals surface area contributed by atoms with E-state index in [9.17, 15) is 4.79 Å². The second-order valence-electron chi connectivity index (χ2n) is 9.87. The van der Waals surface area contributed by atoms with Crippen LogP contribution >= 0.6 is 0 Å². The molecule has 0 unspecified atom stereocenters. The Hall–Kier alpha value is -3.92. The van der Waals surface area contributed by atoms with Crippen molar-refractivity contribution in [1.29, 1.82) is 0 Å². The molecule has 5 rings (SSSR count). The van der Waals surface area contributed by atoms with Crippen molar-refractivity contribution < 1.29 is 14.8 Å². The van der Waals surface area contributed by atoms with Gasteiger partial charge in [-0.25, -0.2) is 15.4 Å². The van der Waals surface area contributed by atoms with Crippen molar-refractivity contribution in [3.05, 3.63) is 90.8 Å². The lowest BCUT2D eigenvalue weighted by molar-refractivity contribution is -0.0980. The lowest BCUT2D eigenvalue weighted by Gasteiger charge is -2.32. The molecule has 0 radical (unpaired) electrons. The van der Waals surface area contributed by atoms with E-state index in [4.69, 9.17) is 10.0 Å². The number of amides is 1. The zero-order valence-electron chi connectivity index (χ0n) is 24.5. The number of hydroxylamine groups is 1. The van der Waals surface area contributed by atoms with E-state index in [1.165, 1.54) is 73.5 Å². The number of aryl methyl sites for hydroxylation is 1. The number of carbonyl (C=O) groups is 2.